The maximum Gasteiger partial charge on any atom is 0.412 e. The highest BCUT2D eigenvalue weighted by Crippen LogP contribution is 2.37. The van der Waals surface area contributed by atoms with Crippen LogP contribution in [0.1, 0.15) is 60.3 Å². The van der Waals surface area contributed by atoms with Crippen molar-refractivity contribution in [3.63, 3.8) is 0 Å². The number of halogens is 1. The molecule has 0 spiro atoms. The van der Waals surface area contributed by atoms with Crippen LogP contribution in [0.3, 0.4) is 0 Å². The van der Waals surface area contributed by atoms with Crippen LogP contribution in [0.15, 0.2) is 18.2 Å². The van der Waals surface area contributed by atoms with Gasteiger partial charge in [-0.2, -0.15) is 0 Å². The van der Waals surface area contributed by atoms with Gasteiger partial charge in [-0.25, -0.2) is 9.18 Å². The standard InChI is InChI=1S/C19H29FN2O2/c1-18(2,3)24-17(23)22-15-9-8-13(20)11-16(15)21-14-7-6-10-19(4,5)12-14/h8-9,11,14,21H,6-7,10,12H2,1-5H3,(H,22,23). The maximum absolute atomic E-state index is 13.7. The summed E-state index contributed by atoms with van der Waals surface area (Å²) in [5.74, 6) is -0.331. The third-order valence-corrected chi connectivity index (χ3v) is 4.18. The molecule has 5 heteroatoms. The molecule has 2 N–H and O–H groups in total. The van der Waals surface area contributed by atoms with E-state index in [2.05, 4.69) is 24.5 Å². The Labute approximate surface area is 144 Å². The smallest absolute Gasteiger partial charge is 0.412 e. The average Bonchev–Trinajstić information content (AvgIpc) is 2.38. The van der Waals surface area contributed by atoms with Crippen LogP contribution in [0.5, 0.6) is 0 Å². The molecule has 1 unspecified atom stereocenters. The number of hydrogen-bond acceptors (Lipinski definition) is 3. The predicted molar refractivity (Wildman–Crippen MR) is 95.9 cm³/mol. The first-order valence-electron chi connectivity index (χ1n) is 8.60. The molecule has 4 nitrogen and oxygen atoms in total. The van der Waals surface area contributed by atoms with E-state index in [1.165, 1.54) is 18.6 Å². The number of carbonyl (C=O) groups excluding carboxylic acids is 1. The molecule has 1 aliphatic rings. The Kier molecular flexibility index (Phi) is 5.41. The SMILES string of the molecule is CC1(C)CCCC(Nc2cc(F)ccc2NC(=O)OC(C)(C)C)C1. The van der Waals surface area contributed by atoms with Gasteiger partial charge in [0, 0.05) is 6.04 Å². The van der Waals surface area contributed by atoms with Crippen LogP contribution in [-0.2, 0) is 4.74 Å². The second-order valence-corrected chi connectivity index (χ2v) is 8.42. The van der Waals surface area contributed by atoms with Crippen LogP contribution in [0.25, 0.3) is 0 Å². The van der Waals surface area contributed by atoms with Crippen molar-refractivity contribution in [2.24, 2.45) is 5.41 Å². The average molecular weight is 336 g/mol. The van der Waals surface area contributed by atoms with E-state index in [4.69, 9.17) is 4.74 Å². The minimum atomic E-state index is -0.578. The Hall–Kier alpha value is -1.78. The van der Waals surface area contributed by atoms with Crippen molar-refractivity contribution in [3.8, 4) is 0 Å². The van der Waals surface area contributed by atoms with E-state index in [0.717, 1.165) is 19.3 Å². The normalized spacial score (nSPS) is 20.3. The van der Waals surface area contributed by atoms with Crippen LogP contribution < -0.4 is 10.6 Å². The molecule has 0 aromatic heterocycles. The summed E-state index contributed by atoms with van der Waals surface area (Å²) in [5.41, 5.74) is 0.838. The Morgan fingerprint density at radius 2 is 2.00 bits per heavy atom. The van der Waals surface area contributed by atoms with Crippen LogP contribution in [0.4, 0.5) is 20.6 Å². The largest absolute Gasteiger partial charge is 0.444 e. The molecule has 0 heterocycles. The van der Waals surface area contributed by atoms with Crippen LogP contribution >= 0.6 is 0 Å². The molecule has 1 aliphatic carbocycles. The highest BCUT2D eigenvalue weighted by atomic mass is 19.1. The van der Waals surface area contributed by atoms with E-state index in [1.54, 1.807) is 26.8 Å². The monoisotopic (exact) mass is 336 g/mol. The van der Waals surface area contributed by atoms with Crippen molar-refractivity contribution in [1.29, 1.82) is 0 Å². The molecule has 0 saturated heterocycles. The molecule has 0 bridgehead atoms. The number of ether oxygens (including phenoxy) is 1. The Morgan fingerprint density at radius 3 is 2.62 bits per heavy atom. The first-order valence-corrected chi connectivity index (χ1v) is 8.60. The molecule has 2 rings (SSSR count). The number of benzene rings is 1. The van der Waals surface area contributed by atoms with Crippen LogP contribution in [0, 0.1) is 11.2 Å². The number of rotatable bonds is 3. The highest BCUT2D eigenvalue weighted by Gasteiger charge is 2.28. The second-order valence-electron chi connectivity index (χ2n) is 8.42. The summed E-state index contributed by atoms with van der Waals surface area (Å²) >= 11 is 0. The number of amides is 1. The van der Waals surface area contributed by atoms with E-state index in [-0.39, 0.29) is 17.3 Å². The lowest BCUT2D eigenvalue weighted by atomic mass is 9.75. The van der Waals surface area contributed by atoms with Gasteiger partial charge in [-0.1, -0.05) is 20.3 Å². The third kappa shape index (κ3) is 5.69. The first kappa shape index (κ1) is 18.6. The van der Waals surface area contributed by atoms with E-state index in [1.807, 2.05) is 0 Å². The molecule has 0 radical (unpaired) electrons. The second kappa shape index (κ2) is 6.99. The van der Waals surface area contributed by atoms with Gasteiger partial charge in [-0.05, 0) is 63.6 Å². The molecule has 1 fully saturated rings. The number of nitrogens with one attached hydrogen (secondary N) is 2. The summed E-state index contributed by atoms with van der Waals surface area (Å²) in [5, 5.41) is 6.12. The van der Waals surface area contributed by atoms with Gasteiger partial charge in [0.1, 0.15) is 11.4 Å². The van der Waals surface area contributed by atoms with Gasteiger partial charge in [0.15, 0.2) is 0 Å². The topological polar surface area (TPSA) is 50.4 Å². The molecular weight excluding hydrogens is 307 g/mol. The number of anilines is 2. The van der Waals surface area contributed by atoms with Gasteiger partial charge in [0.05, 0.1) is 11.4 Å². The van der Waals surface area contributed by atoms with Gasteiger partial charge in [0.2, 0.25) is 0 Å². The molecule has 1 amide bonds. The van der Waals surface area contributed by atoms with E-state index in [0.29, 0.717) is 11.4 Å². The minimum absolute atomic E-state index is 0.273. The summed E-state index contributed by atoms with van der Waals surface area (Å²) < 4.78 is 19.0. The maximum atomic E-state index is 13.7. The Bertz CT molecular complexity index is 594. The van der Waals surface area contributed by atoms with Crippen molar-refractivity contribution in [2.45, 2.75) is 71.9 Å². The zero-order chi connectivity index (χ0) is 18.0. The summed E-state index contributed by atoms with van der Waals surface area (Å²) in [6, 6.07) is 4.60. The van der Waals surface area contributed by atoms with E-state index >= 15 is 0 Å². The fraction of sp³-hybridized carbons (Fsp3) is 0.632. The van der Waals surface area contributed by atoms with Crippen molar-refractivity contribution in [1.82, 2.24) is 0 Å². The van der Waals surface area contributed by atoms with Crippen molar-refractivity contribution >= 4 is 17.5 Å². The Morgan fingerprint density at radius 1 is 1.29 bits per heavy atom. The molecule has 134 valence electrons. The summed E-state index contributed by atoms with van der Waals surface area (Å²) in [7, 11) is 0. The van der Waals surface area contributed by atoms with Crippen molar-refractivity contribution in [3.05, 3.63) is 24.0 Å². The minimum Gasteiger partial charge on any atom is -0.444 e. The first-order chi connectivity index (χ1) is 11.0. The zero-order valence-corrected chi connectivity index (χ0v) is 15.3. The molecular formula is C19H29FN2O2. The highest BCUT2D eigenvalue weighted by molar-refractivity contribution is 5.89. The lowest BCUT2D eigenvalue weighted by Crippen LogP contribution is -2.32. The third-order valence-electron chi connectivity index (χ3n) is 4.18. The van der Waals surface area contributed by atoms with Crippen LogP contribution in [-0.4, -0.2) is 17.7 Å². The van der Waals surface area contributed by atoms with Gasteiger partial charge in [0.25, 0.3) is 0 Å². The molecule has 1 saturated carbocycles. The molecule has 0 aliphatic heterocycles. The fourth-order valence-electron chi connectivity index (χ4n) is 3.20. The summed E-state index contributed by atoms with van der Waals surface area (Å²) in [6.45, 7) is 9.93. The summed E-state index contributed by atoms with van der Waals surface area (Å²) in [4.78, 5) is 12.0. The zero-order valence-electron chi connectivity index (χ0n) is 15.3. The lowest BCUT2D eigenvalue weighted by Gasteiger charge is -2.36. The molecule has 1 aromatic carbocycles. The van der Waals surface area contributed by atoms with Crippen LogP contribution in [0.2, 0.25) is 0 Å². The molecule has 1 aromatic rings. The fourth-order valence-corrected chi connectivity index (χ4v) is 3.20. The van der Waals surface area contributed by atoms with Crippen molar-refractivity contribution < 1.29 is 13.9 Å². The lowest BCUT2D eigenvalue weighted by molar-refractivity contribution is 0.0636. The predicted octanol–water partition coefficient (Wildman–Crippen LogP) is 5.55. The molecule has 24 heavy (non-hydrogen) atoms. The summed E-state index contributed by atoms with van der Waals surface area (Å²) in [6.07, 6.45) is 3.88. The quantitative estimate of drug-likeness (QED) is 0.760. The van der Waals surface area contributed by atoms with E-state index in [9.17, 15) is 9.18 Å². The number of hydrogen-bond donors (Lipinski definition) is 2. The number of carbonyl (C=O) groups is 1. The Balaban J connectivity index is 2.11. The van der Waals surface area contributed by atoms with Gasteiger partial charge >= 0.3 is 6.09 Å². The van der Waals surface area contributed by atoms with Gasteiger partial charge in [-0.3, -0.25) is 5.32 Å². The van der Waals surface area contributed by atoms with Gasteiger partial charge in [-0.15, -0.1) is 0 Å². The van der Waals surface area contributed by atoms with Gasteiger partial charge < -0.3 is 10.1 Å². The van der Waals surface area contributed by atoms with E-state index < -0.39 is 11.7 Å². The van der Waals surface area contributed by atoms with Crippen molar-refractivity contribution in [2.75, 3.05) is 10.6 Å². The molecule has 1 atom stereocenters.